The van der Waals surface area contributed by atoms with E-state index in [0.717, 1.165) is 38.5 Å². The quantitative estimate of drug-likeness (QED) is 0.261. The van der Waals surface area contributed by atoms with Crippen LogP contribution in [0.15, 0.2) is 101 Å². The van der Waals surface area contributed by atoms with E-state index < -0.39 is 0 Å². The zero-order valence-corrected chi connectivity index (χ0v) is 18.8. The molecule has 0 fully saturated rings. The fraction of sp³-hybridized carbons (Fsp3) is 0.0690. The standard InChI is InChI=1S/C29H22O2S/c1-19-10-14-21(15-11-19)27(30)26-25(24-9-6-18-32-24)28(22-7-4-3-5-8-22)31-29(26)23-16-12-20(2)13-17-23/h3-18H,1-2H3. The van der Waals surface area contributed by atoms with E-state index in [1.54, 1.807) is 11.3 Å². The Morgan fingerprint density at radius 3 is 1.94 bits per heavy atom. The third-order valence-corrected chi connectivity index (χ3v) is 6.45. The third kappa shape index (κ3) is 3.72. The predicted octanol–water partition coefficient (Wildman–Crippen LogP) is 8.19. The molecule has 0 atom stereocenters. The van der Waals surface area contributed by atoms with Crippen LogP contribution in [-0.2, 0) is 0 Å². The summed E-state index contributed by atoms with van der Waals surface area (Å²) in [5, 5.41) is 2.03. The van der Waals surface area contributed by atoms with Crippen LogP contribution in [0.4, 0.5) is 0 Å². The van der Waals surface area contributed by atoms with Crippen molar-refractivity contribution < 1.29 is 9.21 Å². The van der Waals surface area contributed by atoms with Gasteiger partial charge in [-0.1, -0.05) is 96.1 Å². The molecule has 2 aromatic heterocycles. The predicted molar refractivity (Wildman–Crippen MR) is 132 cm³/mol. The van der Waals surface area contributed by atoms with Gasteiger partial charge in [0.25, 0.3) is 0 Å². The number of aryl methyl sites for hydroxylation is 2. The number of ketones is 1. The largest absolute Gasteiger partial charge is 0.455 e. The van der Waals surface area contributed by atoms with Crippen molar-refractivity contribution in [2.24, 2.45) is 0 Å². The molecule has 0 saturated heterocycles. The Morgan fingerprint density at radius 1 is 0.688 bits per heavy atom. The molecule has 0 bridgehead atoms. The lowest BCUT2D eigenvalue weighted by Crippen LogP contribution is -2.03. The second-order valence-corrected chi connectivity index (χ2v) is 8.86. The number of carbonyl (C=O) groups excluding carboxylic acids is 1. The molecule has 0 amide bonds. The monoisotopic (exact) mass is 434 g/mol. The summed E-state index contributed by atoms with van der Waals surface area (Å²) >= 11 is 1.61. The summed E-state index contributed by atoms with van der Waals surface area (Å²) in [4.78, 5) is 14.9. The number of rotatable bonds is 5. The molecule has 0 aliphatic rings. The number of hydrogen-bond donors (Lipinski definition) is 0. The van der Waals surface area contributed by atoms with Crippen molar-refractivity contribution >= 4 is 17.1 Å². The van der Waals surface area contributed by atoms with Crippen molar-refractivity contribution in [2.75, 3.05) is 0 Å². The molecule has 3 aromatic carbocycles. The van der Waals surface area contributed by atoms with Crippen molar-refractivity contribution in [3.63, 3.8) is 0 Å². The van der Waals surface area contributed by atoms with Gasteiger partial charge in [0.05, 0.1) is 11.1 Å². The van der Waals surface area contributed by atoms with Crippen molar-refractivity contribution in [3.8, 4) is 33.1 Å². The molecule has 0 spiro atoms. The van der Waals surface area contributed by atoms with E-state index in [4.69, 9.17) is 4.42 Å². The molecule has 0 unspecified atom stereocenters. The Labute approximate surface area is 191 Å². The van der Waals surface area contributed by atoms with Gasteiger partial charge in [0.15, 0.2) is 5.78 Å². The van der Waals surface area contributed by atoms with E-state index in [1.807, 2.05) is 103 Å². The zero-order valence-electron chi connectivity index (χ0n) is 18.0. The first kappa shape index (κ1) is 20.2. The minimum Gasteiger partial charge on any atom is -0.455 e. The highest BCUT2D eigenvalue weighted by Crippen LogP contribution is 2.45. The van der Waals surface area contributed by atoms with Gasteiger partial charge in [0.1, 0.15) is 11.5 Å². The van der Waals surface area contributed by atoms with Crippen LogP contribution in [0.25, 0.3) is 33.1 Å². The second-order valence-electron chi connectivity index (χ2n) is 7.91. The van der Waals surface area contributed by atoms with Crippen molar-refractivity contribution in [2.45, 2.75) is 13.8 Å². The van der Waals surface area contributed by atoms with E-state index in [-0.39, 0.29) is 5.78 Å². The van der Waals surface area contributed by atoms with Gasteiger partial charge in [-0.25, -0.2) is 0 Å². The van der Waals surface area contributed by atoms with Crippen LogP contribution in [0.3, 0.4) is 0 Å². The van der Waals surface area contributed by atoms with Crippen LogP contribution in [0.2, 0.25) is 0 Å². The first-order valence-corrected chi connectivity index (χ1v) is 11.4. The minimum atomic E-state index is -0.0325. The van der Waals surface area contributed by atoms with Crippen molar-refractivity contribution in [1.82, 2.24) is 0 Å². The lowest BCUT2D eigenvalue weighted by atomic mass is 9.93. The average molecular weight is 435 g/mol. The maximum Gasteiger partial charge on any atom is 0.197 e. The summed E-state index contributed by atoms with van der Waals surface area (Å²) in [7, 11) is 0. The summed E-state index contributed by atoms with van der Waals surface area (Å²) in [6.07, 6.45) is 0. The molecule has 2 nitrogen and oxygen atoms in total. The number of carbonyl (C=O) groups is 1. The van der Waals surface area contributed by atoms with Crippen LogP contribution in [0.5, 0.6) is 0 Å². The van der Waals surface area contributed by atoms with Crippen molar-refractivity contribution in [3.05, 3.63) is 119 Å². The molecule has 0 N–H and O–H groups in total. The third-order valence-electron chi connectivity index (χ3n) is 5.57. The van der Waals surface area contributed by atoms with E-state index in [0.29, 0.717) is 16.9 Å². The van der Waals surface area contributed by atoms with Gasteiger partial charge >= 0.3 is 0 Å². The molecule has 2 heterocycles. The number of hydrogen-bond acceptors (Lipinski definition) is 3. The van der Waals surface area contributed by atoms with E-state index in [2.05, 4.69) is 6.92 Å². The van der Waals surface area contributed by atoms with Crippen LogP contribution in [0.1, 0.15) is 27.0 Å². The summed E-state index contributed by atoms with van der Waals surface area (Å²) in [5.41, 5.74) is 6.25. The molecular weight excluding hydrogens is 412 g/mol. The Hall–Kier alpha value is -3.69. The Bertz CT molecular complexity index is 1360. The average Bonchev–Trinajstić information content (AvgIpc) is 3.48. The Morgan fingerprint density at radius 2 is 1.31 bits per heavy atom. The van der Waals surface area contributed by atoms with Gasteiger partial charge in [-0.15, -0.1) is 11.3 Å². The smallest absolute Gasteiger partial charge is 0.197 e. The molecule has 5 aromatic rings. The van der Waals surface area contributed by atoms with E-state index in [9.17, 15) is 4.79 Å². The second kappa shape index (κ2) is 8.45. The summed E-state index contributed by atoms with van der Waals surface area (Å²) in [5.74, 6) is 1.30. The number of furan rings is 1. The van der Waals surface area contributed by atoms with Crippen LogP contribution < -0.4 is 0 Å². The zero-order chi connectivity index (χ0) is 22.1. The van der Waals surface area contributed by atoms with Crippen LogP contribution in [0, 0.1) is 13.8 Å². The fourth-order valence-electron chi connectivity index (χ4n) is 3.85. The van der Waals surface area contributed by atoms with Crippen LogP contribution >= 0.6 is 11.3 Å². The highest BCUT2D eigenvalue weighted by molar-refractivity contribution is 7.13. The lowest BCUT2D eigenvalue weighted by Gasteiger charge is -2.07. The molecular formula is C29H22O2S. The normalized spacial score (nSPS) is 10.9. The topological polar surface area (TPSA) is 30.2 Å². The van der Waals surface area contributed by atoms with Gasteiger partial charge in [-0.3, -0.25) is 4.79 Å². The van der Waals surface area contributed by atoms with Crippen LogP contribution in [-0.4, -0.2) is 5.78 Å². The molecule has 3 heteroatoms. The Balaban J connectivity index is 1.82. The molecule has 32 heavy (non-hydrogen) atoms. The SMILES string of the molecule is Cc1ccc(C(=O)c2c(-c3ccc(C)cc3)oc(-c3ccccc3)c2-c2cccs2)cc1. The fourth-order valence-corrected chi connectivity index (χ4v) is 4.63. The molecule has 156 valence electrons. The highest BCUT2D eigenvalue weighted by atomic mass is 32.1. The van der Waals surface area contributed by atoms with E-state index >= 15 is 0 Å². The van der Waals surface area contributed by atoms with Gasteiger partial charge in [0, 0.05) is 21.6 Å². The number of benzene rings is 3. The Kier molecular flexibility index (Phi) is 5.34. The van der Waals surface area contributed by atoms with Crippen molar-refractivity contribution in [1.29, 1.82) is 0 Å². The molecule has 0 aliphatic heterocycles. The highest BCUT2D eigenvalue weighted by Gasteiger charge is 2.29. The van der Waals surface area contributed by atoms with Gasteiger partial charge in [0.2, 0.25) is 0 Å². The lowest BCUT2D eigenvalue weighted by molar-refractivity contribution is 0.103. The van der Waals surface area contributed by atoms with E-state index in [1.165, 1.54) is 0 Å². The summed E-state index contributed by atoms with van der Waals surface area (Å²) in [6, 6.07) is 29.9. The molecule has 0 aliphatic carbocycles. The van der Waals surface area contributed by atoms with Gasteiger partial charge in [-0.05, 0) is 25.3 Å². The summed E-state index contributed by atoms with van der Waals surface area (Å²) < 4.78 is 6.53. The minimum absolute atomic E-state index is 0.0325. The molecule has 0 radical (unpaired) electrons. The molecule has 0 saturated carbocycles. The first-order chi connectivity index (χ1) is 15.6. The molecule has 5 rings (SSSR count). The maximum atomic E-state index is 13.9. The van der Waals surface area contributed by atoms with Gasteiger partial charge in [-0.2, -0.15) is 0 Å². The maximum absolute atomic E-state index is 13.9. The number of thiophene rings is 1. The first-order valence-electron chi connectivity index (χ1n) is 10.6. The van der Waals surface area contributed by atoms with Gasteiger partial charge < -0.3 is 4.42 Å². The summed E-state index contributed by atoms with van der Waals surface area (Å²) in [6.45, 7) is 4.07.